The van der Waals surface area contributed by atoms with Gasteiger partial charge in [0.1, 0.15) is 72.9 Å². The summed E-state index contributed by atoms with van der Waals surface area (Å²) in [5.74, 6) is 3.32. The van der Waals surface area contributed by atoms with Gasteiger partial charge in [-0.25, -0.2) is 0 Å². The molecule has 9 rings (SSSR count). The van der Waals surface area contributed by atoms with Crippen LogP contribution in [0.4, 0.5) is 0 Å². The fraction of sp³-hybridized carbons (Fsp3) is 0.956. The summed E-state index contributed by atoms with van der Waals surface area (Å²) in [6.07, 6.45) is -11.9. The van der Waals surface area contributed by atoms with Gasteiger partial charge in [-0.2, -0.15) is 0 Å². The largest absolute Gasteiger partial charge is 0.394 e. The average Bonchev–Trinajstić information content (AvgIpc) is 3.70. The van der Waals surface area contributed by atoms with Crippen LogP contribution < -0.4 is 5.32 Å². The average molecular weight is 884 g/mol. The molecule has 17 heteroatoms. The summed E-state index contributed by atoms with van der Waals surface area (Å²) in [6, 6.07) is 0. The van der Waals surface area contributed by atoms with Gasteiger partial charge in [0.2, 0.25) is 0 Å². The van der Waals surface area contributed by atoms with Crippen LogP contribution in [0.25, 0.3) is 0 Å². The molecule has 1 spiro atoms. The smallest absolute Gasteiger partial charge is 0.187 e. The van der Waals surface area contributed by atoms with E-state index in [1.54, 1.807) is 0 Å². The zero-order valence-electron chi connectivity index (χ0n) is 36.7. The van der Waals surface area contributed by atoms with Crippen LogP contribution in [-0.2, 0) is 33.2 Å². The number of hydrogen-bond donors (Lipinski definition) is 10. The van der Waals surface area contributed by atoms with E-state index in [-0.39, 0.29) is 22.7 Å². The molecule has 4 aliphatic carbocycles. The molecule has 5 saturated heterocycles. The standard InChI is InChI=1S/C45H73NO16/c1-19-8-13-45(46-16-19)20(2)30-27(62-45)15-26-24-7-6-22-14-23(9-11-43(22,4)25(24)10-12-44(26,30)5)57-42-39(61-40-36(54)34(52)31(49)21(3)56-40)38(33(51)29(18-48)59-42)60-41-37(55)35(53)32(50)28(17-47)58-41/h6,19-21,23-42,46-55H,7-18H2,1-5H3/t19-,20+,21+,23+,24-,25+,26+,27+,28-,29-,30+,31+,32-,33+,34-,35+,36-,37-,38+,39?,40+,41+,42-,43+,44+,45-/m1/s1. The third-order valence-corrected chi connectivity index (χ3v) is 17.9. The number of allylic oxidation sites excluding steroid dienone is 1. The van der Waals surface area contributed by atoms with Gasteiger partial charge in [-0.1, -0.05) is 39.3 Å². The number of rotatable bonds is 8. The van der Waals surface area contributed by atoms with Crippen molar-refractivity contribution in [3.05, 3.63) is 11.6 Å². The molecule has 8 fully saturated rings. The first-order chi connectivity index (χ1) is 29.4. The van der Waals surface area contributed by atoms with Crippen molar-refractivity contribution in [3.8, 4) is 0 Å². The van der Waals surface area contributed by atoms with E-state index in [2.05, 4.69) is 39.1 Å². The Kier molecular flexibility index (Phi) is 12.9. The summed E-state index contributed by atoms with van der Waals surface area (Å²) >= 11 is 0. The maximum Gasteiger partial charge on any atom is 0.187 e. The van der Waals surface area contributed by atoms with Crippen molar-refractivity contribution in [1.82, 2.24) is 5.32 Å². The molecule has 3 saturated carbocycles. The number of hydrogen-bond acceptors (Lipinski definition) is 17. The van der Waals surface area contributed by atoms with E-state index < -0.39 is 111 Å². The van der Waals surface area contributed by atoms with Gasteiger partial charge in [0, 0.05) is 12.5 Å². The van der Waals surface area contributed by atoms with Crippen LogP contribution in [0.2, 0.25) is 0 Å². The van der Waals surface area contributed by atoms with E-state index in [4.69, 9.17) is 33.2 Å². The molecule has 10 N–H and O–H groups in total. The Labute approximate surface area is 364 Å². The fourth-order valence-corrected chi connectivity index (χ4v) is 14.2. The monoisotopic (exact) mass is 883 g/mol. The highest BCUT2D eigenvalue weighted by Crippen LogP contribution is 2.70. The summed E-state index contributed by atoms with van der Waals surface area (Å²) in [7, 11) is 0. The van der Waals surface area contributed by atoms with Crippen LogP contribution >= 0.6 is 0 Å². The predicted octanol–water partition coefficient (Wildman–Crippen LogP) is -0.213. The zero-order valence-corrected chi connectivity index (χ0v) is 36.7. The number of piperidine rings is 1. The molecule has 62 heavy (non-hydrogen) atoms. The number of aliphatic hydroxyl groups excluding tert-OH is 9. The van der Waals surface area contributed by atoms with E-state index in [1.807, 2.05) is 0 Å². The molecule has 1 unspecified atom stereocenters. The number of fused-ring (bicyclic) bond motifs is 7. The van der Waals surface area contributed by atoms with E-state index >= 15 is 0 Å². The molecule has 5 aliphatic heterocycles. The first kappa shape index (κ1) is 46.2. The third kappa shape index (κ3) is 7.49. The summed E-state index contributed by atoms with van der Waals surface area (Å²) < 4.78 is 43.9. The van der Waals surface area contributed by atoms with Crippen LogP contribution in [0.1, 0.15) is 92.4 Å². The third-order valence-electron chi connectivity index (χ3n) is 17.9. The van der Waals surface area contributed by atoms with Gasteiger partial charge in [-0.3, -0.25) is 5.32 Å². The Morgan fingerprint density at radius 3 is 2.05 bits per heavy atom. The topological polar surface area (TPSA) is 259 Å². The van der Waals surface area contributed by atoms with E-state index in [0.29, 0.717) is 48.3 Å². The van der Waals surface area contributed by atoms with Crippen molar-refractivity contribution in [3.63, 3.8) is 0 Å². The lowest BCUT2D eigenvalue weighted by Gasteiger charge is -2.59. The quantitative estimate of drug-likeness (QED) is 0.142. The van der Waals surface area contributed by atoms with Gasteiger partial charge in [0.25, 0.3) is 0 Å². The predicted molar refractivity (Wildman–Crippen MR) is 216 cm³/mol. The second-order valence-corrected chi connectivity index (χ2v) is 21.2. The van der Waals surface area contributed by atoms with E-state index in [9.17, 15) is 46.0 Å². The van der Waals surface area contributed by atoms with Gasteiger partial charge in [-0.15, -0.1) is 0 Å². The molecule has 0 aromatic heterocycles. The first-order valence-corrected chi connectivity index (χ1v) is 23.5. The van der Waals surface area contributed by atoms with Crippen LogP contribution in [-0.4, -0.2) is 176 Å². The highest BCUT2D eigenvalue weighted by molar-refractivity contribution is 5.26. The maximum absolute atomic E-state index is 11.6. The molecular weight excluding hydrogens is 810 g/mol. The molecule has 9 aliphatic rings. The summed E-state index contributed by atoms with van der Waals surface area (Å²) in [4.78, 5) is 0. The Hall–Kier alpha value is -0.940. The van der Waals surface area contributed by atoms with Crippen molar-refractivity contribution in [2.45, 2.75) is 202 Å². The summed E-state index contributed by atoms with van der Waals surface area (Å²) in [6.45, 7) is 10.8. The van der Waals surface area contributed by atoms with E-state index in [0.717, 1.165) is 38.6 Å². The van der Waals surface area contributed by atoms with E-state index in [1.165, 1.54) is 25.3 Å². The lowest BCUT2D eigenvalue weighted by atomic mass is 9.47. The second kappa shape index (κ2) is 17.3. The minimum absolute atomic E-state index is 0.0361. The first-order valence-electron chi connectivity index (χ1n) is 23.5. The second-order valence-electron chi connectivity index (χ2n) is 21.2. The molecule has 0 radical (unpaired) electrons. The number of aliphatic hydroxyl groups is 9. The highest BCUT2D eigenvalue weighted by Gasteiger charge is 2.68. The van der Waals surface area contributed by atoms with Gasteiger partial charge >= 0.3 is 0 Å². The molecule has 0 bridgehead atoms. The number of ether oxygens (including phenoxy) is 7. The number of nitrogens with one attached hydrogen (secondary N) is 1. The molecule has 26 atom stereocenters. The Morgan fingerprint density at radius 1 is 0.694 bits per heavy atom. The highest BCUT2D eigenvalue weighted by atomic mass is 16.8. The molecule has 0 amide bonds. The van der Waals surface area contributed by atoms with Crippen molar-refractivity contribution >= 4 is 0 Å². The van der Waals surface area contributed by atoms with Crippen molar-refractivity contribution < 1.29 is 79.1 Å². The molecule has 0 aromatic rings. The molecule has 5 heterocycles. The lowest BCUT2D eigenvalue weighted by Crippen LogP contribution is -2.67. The minimum Gasteiger partial charge on any atom is -0.394 e. The van der Waals surface area contributed by atoms with Crippen LogP contribution in [0.15, 0.2) is 11.6 Å². The lowest BCUT2D eigenvalue weighted by molar-refractivity contribution is -0.394. The summed E-state index contributed by atoms with van der Waals surface area (Å²) in [5.41, 5.74) is 1.32. The van der Waals surface area contributed by atoms with Gasteiger partial charge in [0.05, 0.1) is 31.5 Å². The van der Waals surface area contributed by atoms with Gasteiger partial charge in [-0.05, 0) is 105 Å². The normalized spacial score (nSPS) is 57.6. The molecule has 17 nitrogen and oxygen atoms in total. The van der Waals surface area contributed by atoms with Crippen LogP contribution in [0.3, 0.4) is 0 Å². The van der Waals surface area contributed by atoms with Crippen LogP contribution in [0, 0.1) is 46.3 Å². The zero-order chi connectivity index (χ0) is 44.2. The summed E-state index contributed by atoms with van der Waals surface area (Å²) in [5, 5.41) is 99.7. The Morgan fingerprint density at radius 2 is 1.35 bits per heavy atom. The van der Waals surface area contributed by atoms with Gasteiger partial charge < -0.3 is 79.1 Å². The molecule has 354 valence electrons. The van der Waals surface area contributed by atoms with Crippen molar-refractivity contribution in [2.75, 3.05) is 19.8 Å². The Bertz CT molecular complexity index is 1610. The Balaban J connectivity index is 0.940. The minimum atomic E-state index is -1.84. The molecule has 0 aromatic carbocycles. The van der Waals surface area contributed by atoms with Gasteiger partial charge in [0.15, 0.2) is 18.9 Å². The van der Waals surface area contributed by atoms with Crippen LogP contribution in [0.5, 0.6) is 0 Å². The maximum atomic E-state index is 11.6. The molecular formula is C45H73NO16. The fourth-order valence-electron chi connectivity index (χ4n) is 14.2. The SMILES string of the molecule is C[C@@H]1CC[C@@]2(NC1)O[C@H]1C[C@H]3[C@@H]4CC=C5C[C@@H](O[C@@H]6O[C@H](CO)[C@H](O)[C@H](O[C@@H]7O[C@H](CO)[C@@H](O)[C@H](O)[C@H]7O)C6O[C@@H]6O[C@@H](C)[C@H](O)[C@@H](O)[C@H]6O)CC[C@]5(C)[C@H]4CC[C@]3(C)[C@H]1[C@@H]2C. The van der Waals surface area contributed by atoms with Crippen molar-refractivity contribution in [2.24, 2.45) is 46.3 Å². The van der Waals surface area contributed by atoms with Crippen molar-refractivity contribution in [1.29, 1.82) is 0 Å².